The summed E-state index contributed by atoms with van der Waals surface area (Å²) in [5, 5.41) is 11.8. The minimum Gasteiger partial charge on any atom is -0.465 e. The van der Waals surface area contributed by atoms with Gasteiger partial charge in [0, 0.05) is 24.2 Å². The molecule has 1 aromatic carbocycles. The van der Waals surface area contributed by atoms with Crippen LogP contribution in [0.3, 0.4) is 0 Å². The summed E-state index contributed by atoms with van der Waals surface area (Å²) < 4.78 is 26.1. The number of pyridine rings is 1. The predicted molar refractivity (Wildman–Crippen MR) is 93.5 cm³/mol. The highest BCUT2D eigenvalue weighted by Gasteiger charge is 2.24. The van der Waals surface area contributed by atoms with Crippen molar-refractivity contribution in [2.75, 3.05) is 12.8 Å². The van der Waals surface area contributed by atoms with Crippen LogP contribution in [-0.4, -0.2) is 47.0 Å². The maximum atomic E-state index is 12.2. The van der Waals surface area contributed by atoms with Gasteiger partial charge in [-0.1, -0.05) is 18.2 Å². The Kier molecular flexibility index (Phi) is 4.34. The van der Waals surface area contributed by atoms with Crippen LogP contribution in [0, 0.1) is 0 Å². The first-order valence-corrected chi connectivity index (χ1v) is 9.60. The molecule has 0 aliphatic heterocycles. The molecule has 0 unspecified atom stereocenters. The van der Waals surface area contributed by atoms with Crippen molar-refractivity contribution in [1.29, 1.82) is 0 Å². The van der Waals surface area contributed by atoms with Gasteiger partial charge < -0.3 is 15.0 Å². The lowest BCUT2D eigenvalue weighted by Crippen LogP contribution is -2.24. The minimum absolute atomic E-state index is 0.0384. The molecule has 0 fully saturated rings. The fourth-order valence-electron chi connectivity index (χ4n) is 2.89. The second kappa shape index (κ2) is 6.32. The van der Waals surface area contributed by atoms with E-state index in [2.05, 4.69) is 15.3 Å². The largest absolute Gasteiger partial charge is 0.465 e. The van der Waals surface area contributed by atoms with Gasteiger partial charge >= 0.3 is 6.09 Å². The molecule has 1 atom stereocenters. The molecule has 0 spiro atoms. The van der Waals surface area contributed by atoms with Crippen LogP contribution < -0.4 is 5.32 Å². The summed E-state index contributed by atoms with van der Waals surface area (Å²) >= 11 is 0. The Morgan fingerprint density at radius 2 is 2.04 bits per heavy atom. The van der Waals surface area contributed by atoms with Crippen LogP contribution in [-0.2, 0) is 9.84 Å². The number of carboxylic acid groups (broad SMARTS) is 1. The third kappa shape index (κ3) is 3.27. The second-order valence-electron chi connectivity index (χ2n) is 5.92. The van der Waals surface area contributed by atoms with Crippen molar-refractivity contribution >= 4 is 37.9 Å². The maximum Gasteiger partial charge on any atom is 0.404 e. The zero-order valence-corrected chi connectivity index (χ0v) is 14.6. The van der Waals surface area contributed by atoms with Gasteiger partial charge in [-0.25, -0.2) is 18.2 Å². The Labute approximate surface area is 144 Å². The highest BCUT2D eigenvalue weighted by atomic mass is 32.2. The van der Waals surface area contributed by atoms with E-state index in [9.17, 15) is 13.2 Å². The van der Waals surface area contributed by atoms with Gasteiger partial charge in [0.1, 0.15) is 5.52 Å². The molecule has 8 nitrogen and oxygen atoms in total. The number of hydrogen-bond acceptors (Lipinski definition) is 5. The van der Waals surface area contributed by atoms with Gasteiger partial charge in [-0.15, -0.1) is 0 Å². The molecule has 0 radical (unpaired) electrons. The zero-order valence-electron chi connectivity index (χ0n) is 13.8. The summed E-state index contributed by atoms with van der Waals surface area (Å²) in [6.07, 6.45) is 1.99. The molecular formula is C16H18N4O4S. The van der Waals surface area contributed by atoms with Gasteiger partial charge in [0.15, 0.2) is 0 Å². The standard InChI is InChI=1S/C16H18N4O4S/c1-10(7-8-17-16(21)22)20-14-11-5-3-4-6-12(11)18-9-13(14)19-15(20)25(2,23)24/h3-6,9-10,17H,7-8H2,1-2H3,(H,21,22)/t10-/m1/s1. The first kappa shape index (κ1) is 17.2. The zero-order chi connectivity index (χ0) is 18.2. The molecule has 0 bridgehead atoms. The monoisotopic (exact) mass is 362 g/mol. The van der Waals surface area contributed by atoms with E-state index in [0.29, 0.717) is 17.5 Å². The number of nitrogens with one attached hydrogen (secondary N) is 1. The molecule has 2 aromatic heterocycles. The summed E-state index contributed by atoms with van der Waals surface area (Å²) in [4.78, 5) is 19.3. The molecule has 0 saturated heterocycles. The van der Waals surface area contributed by atoms with E-state index < -0.39 is 15.9 Å². The number of imidazole rings is 1. The fourth-order valence-corrected chi connectivity index (χ4v) is 3.78. The van der Waals surface area contributed by atoms with Crippen LogP contribution in [0.1, 0.15) is 19.4 Å². The van der Waals surface area contributed by atoms with Crippen molar-refractivity contribution in [1.82, 2.24) is 19.9 Å². The Morgan fingerprint density at radius 1 is 1.32 bits per heavy atom. The van der Waals surface area contributed by atoms with E-state index >= 15 is 0 Å². The summed E-state index contributed by atoms with van der Waals surface area (Å²) in [7, 11) is -3.56. The number of sulfone groups is 1. The molecule has 2 heterocycles. The maximum absolute atomic E-state index is 12.2. The van der Waals surface area contributed by atoms with Crippen LogP contribution in [0.15, 0.2) is 35.6 Å². The summed E-state index contributed by atoms with van der Waals surface area (Å²) in [5.41, 5.74) is 1.93. The van der Waals surface area contributed by atoms with Crippen LogP contribution in [0.5, 0.6) is 0 Å². The van der Waals surface area contributed by atoms with E-state index in [0.717, 1.165) is 17.2 Å². The van der Waals surface area contributed by atoms with Gasteiger partial charge in [0.2, 0.25) is 15.0 Å². The average molecular weight is 362 g/mol. The van der Waals surface area contributed by atoms with Gasteiger partial charge in [-0.3, -0.25) is 4.98 Å². The third-order valence-electron chi connectivity index (χ3n) is 4.00. The van der Waals surface area contributed by atoms with Crippen molar-refractivity contribution in [3.05, 3.63) is 30.5 Å². The molecule has 0 saturated carbocycles. The first-order chi connectivity index (χ1) is 11.8. The van der Waals surface area contributed by atoms with E-state index in [4.69, 9.17) is 5.11 Å². The number of benzene rings is 1. The molecule has 3 aromatic rings. The second-order valence-corrected chi connectivity index (χ2v) is 7.82. The number of fused-ring (bicyclic) bond motifs is 3. The highest BCUT2D eigenvalue weighted by Crippen LogP contribution is 2.30. The number of nitrogens with zero attached hydrogens (tertiary/aromatic N) is 3. The molecule has 25 heavy (non-hydrogen) atoms. The van der Waals surface area contributed by atoms with Crippen LogP contribution in [0.25, 0.3) is 21.9 Å². The van der Waals surface area contributed by atoms with E-state index in [-0.39, 0.29) is 17.7 Å². The van der Waals surface area contributed by atoms with E-state index in [1.54, 1.807) is 10.8 Å². The number of amides is 1. The van der Waals surface area contributed by atoms with Gasteiger partial charge in [-0.2, -0.15) is 0 Å². The van der Waals surface area contributed by atoms with E-state index in [1.807, 2.05) is 31.2 Å². The van der Waals surface area contributed by atoms with Gasteiger partial charge in [0.05, 0.1) is 17.2 Å². The predicted octanol–water partition coefficient (Wildman–Crippen LogP) is 2.21. The highest BCUT2D eigenvalue weighted by molar-refractivity contribution is 7.90. The summed E-state index contributed by atoms with van der Waals surface area (Å²) in [6.45, 7) is 2.05. The van der Waals surface area contributed by atoms with Crippen LogP contribution in [0.4, 0.5) is 4.79 Å². The molecule has 1 amide bonds. The quantitative estimate of drug-likeness (QED) is 0.719. The van der Waals surface area contributed by atoms with Gasteiger partial charge in [-0.05, 0) is 19.4 Å². The lowest BCUT2D eigenvalue weighted by molar-refractivity contribution is 0.193. The Hall–Kier alpha value is -2.68. The van der Waals surface area contributed by atoms with Crippen molar-refractivity contribution in [2.24, 2.45) is 0 Å². The lowest BCUT2D eigenvalue weighted by atomic mass is 10.1. The SMILES string of the molecule is C[C@H](CCNC(=O)O)n1c(S(C)(=O)=O)nc2cnc3ccccc3c21. The van der Waals surface area contributed by atoms with Crippen molar-refractivity contribution in [3.8, 4) is 0 Å². The fraction of sp³-hybridized carbons (Fsp3) is 0.312. The topological polar surface area (TPSA) is 114 Å². The number of rotatable bonds is 5. The Bertz CT molecular complexity index is 1060. The molecule has 2 N–H and O–H groups in total. The smallest absolute Gasteiger partial charge is 0.404 e. The molecule has 132 valence electrons. The molecule has 0 aliphatic rings. The normalized spacial score (nSPS) is 13.2. The average Bonchev–Trinajstić information content (AvgIpc) is 2.94. The molecule has 3 rings (SSSR count). The van der Waals surface area contributed by atoms with Crippen LogP contribution in [0.2, 0.25) is 0 Å². The Balaban J connectivity index is 2.22. The van der Waals surface area contributed by atoms with Crippen molar-refractivity contribution in [3.63, 3.8) is 0 Å². The molecule has 0 aliphatic carbocycles. The number of carbonyl (C=O) groups is 1. The summed E-state index contributed by atoms with van der Waals surface area (Å²) in [6, 6.07) is 7.17. The van der Waals surface area contributed by atoms with Crippen LogP contribution >= 0.6 is 0 Å². The Morgan fingerprint density at radius 3 is 2.72 bits per heavy atom. The van der Waals surface area contributed by atoms with Crippen molar-refractivity contribution < 1.29 is 18.3 Å². The minimum atomic E-state index is -3.56. The number of hydrogen-bond donors (Lipinski definition) is 2. The third-order valence-corrected chi connectivity index (χ3v) is 4.95. The lowest BCUT2D eigenvalue weighted by Gasteiger charge is -2.17. The van der Waals surface area contributed by atoms with E-state index in [1.165, 1.54) is 0 Å². The molecule has 9 heteroatoms. The first-order valence-electron chi connectivity index (χ1n) is 7.71. The van der Waals surface area contributed by atoms with Gasteiger partial charge in [0.25, 0.3) is 0 Å². The van der Waals surface area contributed by atoms with Crippen molar-refractivity contribution in [2.45, 2.75) is 24.5 Å². The number of para-hydroxylation sites is 1. The summed E-state index contributed by atoms with van der Waals surface area (Å²) in [5.74, 6) is 0. The molecular weight excluding hydrogens is 344 g/mol. The number of aromatic nitrogens is 3.